The standard InChI is InChI=1S/C17H31N2O3SSi.3C4H9.Sn/c1-16(2,3)22-15(20)19(14-18-10-13-23-14)11-9-12-21-24(7,8)17(4,5)6;3*1-3-4-2;/h10H,9,11-12H2,1-8H3;3*1,3-4H2,2H3;. The molecule has 1 amide bonds. The molecule has 37 heavy (non-hydrogen) atoms. The van der Waals surface area contributed by atoms with Gasteiger partial charge >= 0.3 is 240 Å². The second kappa shape index (κ2) is 15.6. The number of unbranched alkanes of at least 4 members (excludes halogenated alkanes) is 3. The maximum absolute atomic E-state index is 13.3. The van der Waals surface area contributed by atoms with Gasteiger partial charge in [0.25, 0.3) is 0 Å². The van der Waals surface area contributed by atoms with Crippen molar-refractivity contribution in [1.82, 2.24) is 4.98 Å². The van der Waals surface area contributed by atoms with Crippen molar-refractivity contribution >= 4 is 52.1 Å². The number of aromatic nitrogens is 1. The van der Waals surface area contributed by atoms with Gasteiger partial charge in [0.15, 0.2) is 0 Å². The molecule has 0 spiro atoms. The summed E-state index contributed by atoms with van der Waals surface area (Å²) in [6, 6.07) is 0. The van der Waals surface area contributed by atoms with Crippen molar-refractivity contribution in [2.75, 3.05) is 18.1 Å². The summed E-state index contributed by atoms with van der Waals surface area (Å²) in [6.07, 6.45) is 10.3. The first-order chi connectivity index (χ1) is 17.1. The zero-order chi connectivity index (χ0) is 28.3. The number of anilines is 1. The van der Waals surface area contributed by atoms with Crippen LogP contribution in [0.2, 0.25) is 31.4 Å². The molecule has 0 aliphatic rings. The molecule has 0 radical (unpaired) electrons. The Hall–Kier alpha value is -0.124. The van der Waals surface area contributed by atoms with E-state index in [1.165, 1.54) is 51.8 Å². The number of carbonyl (C=O) groups is 1. The van der Waals surface area contributed by atoms with Gasteiger partial charge in [0.05, 0.1) is 0 Å². The Labute approximate surface area is 238 Å². The van der Waals surface area contributed by atoms with Gasteiger partial charge in [-0.2, -0.15) is 0 Å². The molecule has 1 rings (SSSR count). The average molecular weight is 662 g/mol. The van der Waals surface area contributed by atoms with Crippen LogP contribution in [0.1, 0.15) is 107 Å². The number of amides is 1. The van der Waals surface area contributed by atoms with Crippen LogP contribution in [0, 0.1) is 0 Å². The van der Waals surface area contributed by atoms with Gasteiger partial charge in [0.1, 0.15) is 0 Å². The number of carbonyl (C=O) groups excluding carboxylic acids is 1. The molecule has 0 aliphatic heterocycles. The predicted molar refractivity (Wildman–Crippen MR) is 168 cm³/mol. The van der Waals surface area contributed by atoms with Crippen LogP contribution < -0.4 is 7.79 Å². The van der Waals surface area contributed by atoms with Gasteiger partial charge in [0.2, 0.25) is 0 Å². The third-order valence-corrected chi connectivity index (χ3v) is 31.4. The fourth-order valence-electron chi connectivity index (χ4n) is 4.27. The molecule has 0 fully saturated rings. The van der Waals surface area contributed by atoms with Crippen LogP contribution in [0.15, 0.2) is 6.20 Å². The molecular formula is C29H58N2O3SSiSn. The molecule has 0 atom stereocenters. The summed E-state index contributed by atoms with van der Waals surface area (Å²) >= 11 is -0.804. The molecule has 0 saturated carbocycles. The molecule has 0 bridgehead atoms. The molecule has 8 heteroatoms. The molecule has 216 valence electrons. The van der Waals surface area contributed by atoms with E-state index in [9.17, 15) is 4.79 Å². The number of thiazole rings is 1. The Morgan fingerprint density at radius 1 is 0.946 bits per heavy atom. The Balaban J connectivity index is 3.23. The van der Waals surface area contributed by atoms with Gasteiger partial charge < -0.3 is 0 Å². The SMILES string of the molecule is CCC[CH2][Sn]([CH2]CCC)([CH2]CCC)[c]1cnc(N(CCCO[Si](C)(C)C(C)(C)C)C(=O)OC(C)(C)C)s1. The van der Waals surface area contributed by atoms with E-state index in [-0.39, 0.29) is 11.1 Å². The molecule has 0 saturated heterocycles. The molecule has 0 N–H and O–H groups in total. The number of ether oxygens (including phenoxy) is 1. The first-order valence-corrected chi connectivity index (χ1v) is 25.9. The second-order valence-corrected chi connectivity index (χ2v) is 33.2. The minimum atomic E-state index is -2.60. The molecule has 1 aromatic rings. The topological polar surface area (TPSA) is 51.7 Å². The third-order valence-electron chi connectivity index (χ3n) is 7.68. The Morgan fingerprint density at radius 2 is 1.46 bits per heavy atom. The van der Waals surface area contributed by atoms with Crippen LogP contribution in [-0.2, 0) is 9.16 Å². The van der Waals surface area contributed by atoms with Crippen LogP contribution in [0.25, 0.3) is 0 Å². The van der Waals surface area contributed by atoms with E-state index >= 15 is 0 Å². The summed E-state index contributed by atoms with van der Waals surface area (Å²) in [5.41, 5.74) is -0.542. The van der Waals surface area contributed by atoms with Gasteiger partial charge in [-0.25, -0.2) is 0 Å². The van der Waals surface area contributed by atoms with Gasteiger partial charge in [0, 0.05) is 0 Å². The van der Waals surface area contributed by atoms with Gasteiger partial charge in [-0.1, -0.05) is 0 Å². The zero-order valence-electron chi connectivity index (χ0n) is 26.1. The Bertz CT molecular complexity index is 780. The molecule has 0 aliphatic carbocycles. The third kappa shape index (κ3) is 11.5. The van der Waals surface area contributed by atoms with E-state index in [0.29, 0.717) is 13.2 Å². The number of hydrogen-bond donors (Lipinski definition) is 0. The van der Waals surface area contributed by atoms with Crippen molar-refractivity contribution in [2.45, 2.75) is 144 Å². The first kappa shape index (κ1) is 34.9. The van der Waals surface area contributed by atoms with Crippen molar-refractivity contribution in [2.24, 2.45) is 0 Å². The maximum atomic E-state index is 13.3. The van der Waals surface area contributed by atoms with Crippen LogP contribution in [0.4, 0.5) is 9.93 Å². The van der Waals surface area contributed by atoms with E-state index < -0.39 is 32.3 Å². The molecule has 1 heterocycles. The van der Waals surface area contributed by atoms with Crippen molar-refractivity contribution in [1.29, 1.82) is 0 Å². The van der Waals surface area contributed by atoms with Gasteiger partial charge in [-0.05, 0) is 0 Å². The van der Waals surface area contributed by atoms with Crippen molar-refractivity contribution < 1.29 is 14.0 Å². The average Bonchev–Trinajstić information content (AvgIpc) is 3.27. The molecule has 5 nitrogen and oxygen atoms in total. The minimum absolute atomic E-state index is 0.174. The zero-order valence-corrected chi connectivity index (χ0v) is 30.8. The van der Waals surface area contributed by atoms with E-state index in [1.807, 2.05) is 20.8 Å². The summed E-state index contributed by atoms with van der Waals surface area (Å²) < 4.78 is 18.0. The summed E-state index contributed by atoms with van der Waals surface area (Å²) in [4.78, 5) is 20.0. The van der Waals surface area contributed by atoms with Crippen LogP contribution in [0.3, 0.4) is 0 Å². The van der Waals surface area contributed by atoms with Crippen molar-refractivity contribution in [3.63, 3.8) is 0 Å². The van der Waals surface area contributed by atoms with E-state index in [4.69, 9.17) is 14.1 Å². The Kier molecular flexibility index (Phi) is 14.7. The van der Waals surface area contributed by atoms with E-state index in [0.717, 1.165) is 11.6 Å². The van der Waals surface area contributed by atoms with Crippen LogP contribution in [-0.4, -0.2) is 56.5 Å². The summed E-state index contributed by atoms with van der Waals surface area (Å²) in [5.74, 6) is 0. The predicted octanol–water partition coefficient (Wildman–Crippen LogP) is 9.35. The summed E-state index contributed by atoms with van der Waals surface area (Å²) in [7, 11) is -1.82. The second-order valence-electron chi connectivity index (χ2n) is 13.2. The molecular weight excluding hydrogens is 603 g/mol. The van der Waals surface area contributed by atoms with Crippen molar-refractivity contribution in [3.05, 3.63) is 6.20 Å². The molecule has 0 unspecified atom stereocenters. The fraction of sp³-hybridized carbons (Fsp3) is 0.862. The summed E-state index contributed by atoms with van der Waals surface area (Å²) in [5, 5.41) is 0.982. The first-order valence-electron chi connectivity index (χ1n) is 14.7. The molecule has 1 aromatic heterocycles. The van der Waals surface area contributed by atoms with Gasteiger partial charge in [-0.15, -0.1) is 0 Å². The monoisotopic (exact) mass is 662 g/mol. The normalized spacial score (nSPS) is 13.2. The Morgan fingerprint density at radius 3 is 1.89 bits per heavy atom. The number of nitrogens with zero attached hydrogens (tertiary/aromatic N) is 2. The quantitative estimate of drug-likeness (QED) is 0.131. The van der Waals surface area contributed by atoms with E-state index in [1.54, 1.807) is 19.1 Å². The summed E-state index contributed by atoms with van der Waals surface area (Å²) in [6.45, 7) is 25.3. The van der Waals surface area contributed by atoms with E-state index in [2.05, 4.69) is 60.8 Å². The number of rotatable bonds is 16. The van der Waals surface area contributed by atoms with Crippen LogP contribution in [0.5, 0.6) is 0 Å². The molecule has 0 aromatic carbocycles. The number of hydrogen-bond acceptors (Lipinski definition) is 5. The van der Waals surface area contributed by atoms with Gasteiger partial charge in [-0.3, -0.25) is 0 Å². The van der Waals surface area contributed by atoms with Crippen LogP contribution >= 0.6 is 11.3 Å². The fourth-order valence-corrected chi connectivity index (χ4v) is 25.0. The van der Waals surface area contributed by atoms with Crippen molar-refractivity contribution in [3.8, 4) is 0 Å².